The number of alkyl halides is 3. The lowest BCUT2D eigenvalue weighted by molar-refractivity contribution is -0.274. The smallest absolute Gasteiger partial charge is 0.466 e. The molecular formula is C21H19ClF3N5O3. The van der Waals surface area contributed by atoms with E-state index in [1.54, 1.807) is 25.1 Å². The van der Waals surface area contributed by atoms with Crippen LogP contribution in [-0.4, -0.2) is 39.1 Å². The van der Waals surface area contributed by atoms with Crippen LogP contribution in [0.4, 0.5) is 13.2 Å². The zero-order chi connectivity index (χ0) is 23.8. The molecule has 1 atom stereocenters. The summed E-state index contributed by atoms with van der Waals surface area (Å²) in [6, 6.07) is 6.56. The Labute approximate surface area is 191 Å². The first kappa shape index (κ1) is 22.8. The normalized spacial score (nSPS) is 14.6. The molecule has 0 aliphatic heterocycles. The van der Waals surface area contributed by atoms with Gasteiger partial charge >= 0.3 is 12.4 Å². The summed E-state index contributed by atoms with van der Waals surface area (Å²) in [5.74, 6) is -0.202. The molecule has 1 aromatic carbocycles. The number of carbonyl (C=O) groups is 1. The molecule has 1 fully saturated rings. The highest BCUT2D eigenvalue weighted by atomic mass is 35.5. The fourth-order valence-corrected chi connectivity index (χ4v) is 3.39. The van der Waals surface area contributed by atoms with Gasteiger partial charge in [0.25, 0.3) is 5.91 Å². The van der Waals surface area contributed by atoms with Crippen molar-refractivity contribution < 1.29 is 27.4 Å². The van der Waals surface area contributed by atoms with Gasteiger partial charge in [-0.15, -0.1) is 18.3 Å². The number of benzene rings is 1. The van der Waals surface area contributed by atoms with Gasteiger partial charge in [0, 0.05) is 11.8 Å². The zero-order valence-electron chi connectivity index (χ0n) is 17.6. The third-order valence-corrected chi connectivity index (χ3v) is 5.16. The van der Waals surface area contributed by atoms with Crippen LogP contribution in [0.15, 0.2) is 36.5 Å². The summed E-state index contributed by atoms with van der Waals surface area (Å²) in [7, 11) is 1.40. The van der Waals surface area contributed by atoms with Crippen molar-refractivity contribution in [1.82, 2.24) is 25.1 Å². The van der Waals surface area contributed by atoms with E-state index < -0.39 is 24.1 Å². The van der Waals surface area contributed by atoms with Crippen LogP contribution < -0.4 is 14.8 Å². The van der Waals surface area contributed by atoms with Crippen LogP contribution in [0.1, 0.15) is 53.5 Å². The summed E-state index contributed by atoms with van der Waals surface area (Å²) in [5.41, 5.74) is 0.679. The predicted octanol–water partition coefficient (Wildman–Crippen LogP) is 4.59. The number of nitrogens with zero attached hydrogens (tertiary/aromatic N) is 4. The molecule has 0 spiro atoms. The molecule has 2 aromatic heterocycles. The van der Waals surface area contributed by atoms with Gasteiger partial charge in [-0.1, -0.05) is 11.6 Å². The summed E-state index contributed by atoms with van der Waals surface area (Å²) in [6.45, 7) is 1.66. The number of pyridine rings is 1. The zero-order valence-corrected chi connectivity index (χ0v) is 18.3. The highest BCUT2D eigenvalue weighted by Crippen LogP contribution is 2.42. The third kappa shape index (κ3) is 5.54. The molecule has 0 saturated heterocycles. The summed E-state index contributed by atoms with van der Waals surface area (Å²) in [5, 5.41) is 7.38. The van der Waals surface area contributed by atoms with Crippen LogP contribution in [0.2, 0.25) is 5.02 Å². The molecule has 12 heteroatoms. The molecule has 0 radical (unpaired) electrons. The second-order valence-electron chi connectivity index (χ2n) is 7.51. The average Bonchev–Trinajstić information content (AvgIpc) is 3.51. The maximum atomic E-state index is 12.9. The number of halogens is 4. The van der Waals surface area contributed by atoms with E-state index in [9.17, 15) is 18.0 Å². The second kappa shape index (κ2) is 8.89. The van der Waals surface area contributed by atoms with E-state index in [1.165, 1.54) is 24.1 Å². The molecule has 1 aliphatic carbocycles. The lowest BCUT2D eigenvalue weighted by Crippen LogP contribution is -2.29. The van der Waals surface area contributed by atoms with E-state index >= 15 is 0 Å². The molecule has 3 aromatic rings. The molecule has 174 valence electrons. The minimum atomic E-state index is -4.86. The molecule has 1 N–H and O–H groups in total. The molecule has 2 heterocycles. The molecule has 8 nitrogen and oxygen atoms in total. The molecule has 33 heavy (non-hydrogen) atoms. The minimum Gasteiger partial charge on any atom is -0.466 e. The van der Waals surface area contributed by atoms with Gasteiger partial charge in [0.1, 0.15) is 5.75 Å². The lowest BCUT2D eigenvalue weighted by Gasteiger charge is -2.16. The summed E-state index contributed by atoms with van der Waals surface area (Å²) in [4.78, 5) is 21.4. The van der Waals surface area contributed by atoms with Crippen molar-refractivity contribution in [2.45, 2.75) is 38.1 Å². The van der Waals surface area contributed by atoms with E-state index in [0.717, 1.165) is 18.9 Å². The molecule has 0 unspecified atom stereocenters. The Hall–Kier alpha value is -3.34. The fourth-order valence-electron chi connectivity index (χ4n) is 3.28. The molecule has 0 bridgehead atoms. The summed E-state index contributed by atoms with van der Waals surface area (Å²) < 4.78 is 48.8. The van der Waals surface area contributed by atoms with Gasteiger partial charge < -0.3 is 14.8 Å². The number of hydrogen-bond donors (Lipinski definition) is 1. The SMILES string of the molecule is COc1nc([C@H](C)NC(=O)c2cc(OC(F)(F)F)cc(C3CC3)c2)n(-c2ccc(Cl)cn2)n1. The van der Waals surface area contributed by atoms with Gasteiger partial charge in [-0.25, -0.2) is 4.98 Å². The Balaban J connectivity index is 1.60. The van der Waals surface area contributed by atoms with Gasteiger partial charge in [0.2, 0.25) is 0 Å². The van der Waals surface area contributed by atoms with Crippen molar-refractivity contribution >= 4 is 17.5 Å². The standard InChI is InChI=1S/C21H19ClF3N5O3/c1-11(18-28-20(32-2)29-30(18)17-6-5-15(22)10-26-17)27-19(31)14-7-13(12-3-4-12)8-16(9-14)33-21(23,24)25/h5-12H,3-4H2,1-2H3,(H,27,31)/t11-/m0/s1. The number of rotatable bonds is 7. The monoisotopic (exact) mass is 481 g/mol. The fraction of sp³-hybridized carbons (Fsp3) is 0.333. The highest BCUT2D eigenvalue weighted by molar-refractivity contribution is 6.30. The van der Waals surface area contributed by atoms with Crippen molar-refractivity contribution in [3.8, 4) is 17.6 Å². The maximum absolute atomic E-state index is 12.9. The van der Waals surface area contributed by atoms with Gasteiger partial charge in [0.15, 0.2) is 11.6 Å². The van der Waals surface area contributed by atoms with Gasteiger partial charge in [-0.2, -0.15) is 9.67 Å². The van der Waals surface area contributed by atoms with E-state index in [4.69, 9.17) is 16.3 Å². The number of carbonyl (C=O) groups excluding carboxylic acids is 1. The Morgan fingerprint density at radius 3 is 2.64 bits per heavy atom. The first-order valence-electron chi connectivity index (χ1n) is 9.97. The molecule has 1 saturated carbocycles. The predicted molar refractivity (Wildman–Crippen MR) is 112 cm³/mol. The largest absolute Gasteiger partial charge is 0.573 e. The van der Waals surface area contributed by atoms with Crippen molar-refractivity contribution in [2.75, 3.05) is 7.11 Å². The van der Waals surface area contributed by atoms with Crippen molar-refractivity contribution in [2.24, 2.45) is 0 Å². The van der Waals surface area contributed by atoms with Gasteiger partial charge in [-0.3, -0.25) is 4.79 Å². The van der Waals surface area contributed by atoms with Crippen LogP contribution in [0.3, 0.4) is 0 Å². The topological polar surface area (TPSA) is 91.2 Å². The lowest BCUT2D eigenvalue weighted by atomic mass is 10.1. The van der Waals surface area contributed by atoms with Crippen LogP contribution in [-0.2, 0) is 0 Å². The first-order chi connectivity index (χ1) is 15.6. The number of hydrogen-bond acceptors (Lipinski definition) is 6. The van der Waals surface area contributed by atoms with E-state index in [1.807, 2.05) is 0 Å². The number of amides is 1. The first-order valence-corrected chi connectivity index (χ1v) is 10.3. The maximum Gasteiger partial charge on any atom is 0.573 e. The van der Waals surface area contributed by atoms with E-state index in [-0.39, 0.29) is 17.5 Å². The van der Waals surface area contributed by atoms with Gasteiger partial charge in [-0.05, 0) is 61.6 Å². The minimum absolute atomic E-state index is 0.0492. The Kier molecular flexibility index (Phi) is 6.15. The third-order valence-electron chi connectivity index (χ3n) is 4.93. The van der Waals surface area contributed by atoms with Crippen LogP contribution >= 0.6 is 11.6 Å². The van der Waals surface area contributed by atoms with Crippen LogP contribution in [0.25, 0.3) is 5.82 Å². The van der Waals surface area contributed by atoms with Gasteiger partial charge in [0.05, 0.1) is 18.2 Å². The molecule has 4 rings (SSSR count). The number of methoxy groups -OCH3 is 1. The Morgan fingerprint density at radius 1 is 1.27 bits per heavy atom. The highest BCUT2D eigenvalue weighted by Gasteiger charge is 2.33. The van der Waals surface area contributed by atoms with Crippen molar-refractivity contribution in [1.29, 1.82) is 0 Å². The molecular weight excluding hydrogens is 463 g/mol. The van der Waals surface area contributed by atoms with E-state index in [2.05, 4.69) is 25.1 Å². The average molecular weight is 482 g/mol. The van der Waals surface area contributed by atoms with Crippen molar-refractivity contribution in [3.05, 3.63) is 58.5 Å². The number of aromatic nitrogens is 4. The number of ether oxygens (including phenoxy) is 2. The van der Waals surface area contributed by atoms with E-state index in [0.29, 0.717) is 22.2 Å². The molecule has 1 aliphatic rings. The van der Waals surface area contributed by atoms with Crippen LogP contribution in [0, 0.1) is 0 Å². The molecule has 1 amide bonds. The van der Waals surface area contributed by atoms with Crippen LogP contribution in [0.5, 0.6) is 11.8 Å². The Bertz CT molecular complexity index is 1160. The second-order valence-corrected chi connectivity index (χ2v) is 7.95. The summed E-state index contributed by atoms with van der Waals surface area (Å²) in [6.07, 6.45) is -1.72. The van der Waals surface area contributed by atoms with Crippen molar-refractivity contribution in [3.63, 3.8) is 0 Å². The Morgan fingerprint density at radius 2 is 2.03 bits per heavy atom. The number of nitrogens with one attached hydrogen (secondary N) is 1. The quantitative estimate of drug-likeness (QED) is 0.530. The summed E-state index contributed by atoms with van der Waals surface area (Å²) >= 11 is 5.89.